The molecule has 0 atom stereocenters. The number of anilines is 1. The molecule has 0 aromatic heterocycles. The molecule has 0 aliphatic carbocycles. The van der Waals surface area contributed by atoms with Gasteiger partial charge in [-0.15, -0.1) is 0 Å². The number of ether oxygens (including phenoxy) is 1. The first kappa shape index (κ1) is 21.2. The van der Waals surface area contributed by atoms with Crippen molar-refractivity contribution < 1.29 is 14.3 Å². The first-order valence-electron chi connectivity index (χ1n) is 9.73. The Morgan fingerprint density at radius 1 is 0.935 bits per heavy atom. The van der Waals surface area contributed by atoms with E-state index in [2.05, 4.69) is 0 Å². The Balaban J connectivity index is 1.61. The number of carbonyl (C=O) groups excluding carboxylic acids is 2. The molecule has 1 aliphatic rings. The highest BCUT2D eigenvalue weighted by Crippen LogP contribution is 2.41. The third-order valence-electron chi connectivity index (χ3n) is 5.18. The van der Waals surface area contributed by atoms with Crippen molar-refractivity contribution in [2.24, 2.45) is 0 Å². The van der Waals surface area contributed by atoms with Gasteiger partial charge in [-0.25, -0.2) is 0 Å². The number of halogens is 2. The van der Waals surface area contributed by atoms with Crippen LogP contribution in [0, 0.1) is 0 Å². The molecule has 0 fully saturated rings. The van der Waals surface area contributed by atoms with Crippen LogP contribution in [0.2, 0.25) is 10.0 Å². The predicted molar refractivity (Wildman–Crippen MR) is 124 cm³/mol. The van der Waals surface area contributed by atoms with Crippen LogP contribution in [0.5, 0.6) is 0 Å². The monoisotopic (exact) mass is 451 g/mol. The number of hydrogen-bond donors (Lipinski definition) is 0. The number of carbonyl (C=O) groups is 2. The summed E-state index contributed by atoms with van der Waals surface area (Å²) >= 11 is 12.2. The molecule has 0 saturated heterocycles. The minimum Gasteiger partial charge on any atom is -0.459 e. The molecule has 6 heteroatoms. The van der Waals surface area contributed by atoms with Gasteiger partial charge in [0, 0.05) is 5.56 Å². The van der Waals surface area contributed by atoms with Crippen LogP contribution in [0.25, 0.3) is 11.1 Å². The number of amides is 1. The first-order valence-corrected chi connectivity index (χ1v) is 10.5. The standard InChI is InChI=1S/C25H19Cl2NO3/c1-16(18-11-12-20(26)21(27)13-18)24-19-9-5-6-10-22(19)28(25(24)30)14-23(29)31-15-17-7-3-2-4-8-17/h2-13H,14-15H2,1H3. The fraction of sp³-hybridized carbons (Fsp3) is 0.120. The molecule has 3 aromatic rings. The highest BCUT2D eigenvalue weighted by Gasteiger charge is 2.35. The Morgan fingerprint density at radius 2 is 1.65 bits per heavy atom. The Hall–Kier alpha value is -3.08. The number of rotatable bonds is 5. The van der Waals surface area contributed by atoms with Crippen LogP contribution in [-0.4, -0.2) is 18.4 Å². The van der Waals surface area contributed by atoms with Crippen molar-refractivity contribution in [2.45, 2.75) is 13.5 Å². The molecule has 0 unspecified atom stereocenters. The summed E-state index contributed by atoms with van der Waals surface area (Å²) in [6.07, 6.45) is 0. The summed E-state index contributed by atoms with van der Waals surface area (Å²) in [6.45, 7) is 1.86. The number of fused-ring (bicyclic) bond motifs is 1. The second-order valence-corrected chi connectivity index (χ2v) is 8.00. The van der Waals surface area contributed by atoms with Gasteiger partial charge in [0.15, 0.2) is 0 Å². The molecule has 156 valence electrons. The van der Waals surface area contributed by atoms with E-state index in [0.29, 0.717) is 21.3 Å². The fourth-order valence-electron chi connectivity index (χ4n) is 3.59. The van der Waals surface area contributed by atoms with E-state index in [1.807, 2.05) is 67.6 Å². The molecule has 0 spiro atoms. The van der Waals surface area contributed by atoms with Gasteiger partial charge in [-0.2, -0.15) is 0 Å². The third kappa shape index (κ3) is 4.36. The molecule has 3 aromatic carbocycles. The molecule has 0 saturated carbocycles. The third-order valence-corrected chi connectivity index (χ3v) is 5.92. The van der Waals surface area contributed by atoms with Crippen molar-refractivity contribution in [1.82, 2.24) is 0 Å². The molecule has 4 nitrogen and oxygen atoms in total. The summed E-state index contributed by atoms with van der Waals surface area (Å²) in [5.41, 5.74) is 4.42. The lowest BCUT2D eigenvalue weighted by atomic mass is 9.97. The van der Waals surface area contributed by atoms with Crippen LogP contribution in [0.3, 0.4) is 0 Å². The molecule has 0 N–H and O–H groups in total. The van der Waals surface area contributed by atoms with Crippen LogP contribution >= 0.6 is 23.2 Å². The molecule has 4 rings (SSSR count). The number of para-hydroxylation sites is 1. The largest absolute Gasteiger partial charge is 0.459 e. The van der Waals surface area contributed by atoms with Gasteiger partial charge in [0.1, 0.15) is 13.2 Å². The summed E-state index contributed by atoms with van der Waals surface area (Å²) in [7, 11) is 0. The zero-order valence-corrected chi connectivity index (χ0v) is 18.3. The van der Waals surface area contributed by atoms with Crippen molar-refractivity contribution in [2.75, 3.05) is 11.4 Å². The Morgan fingerprint density at radius 3 is 2.39 bits per heavy atom. The van der Waals surface area contributed by atoms with Gasteiger partial charge in [-0.1, -0.05) is 77.8 Å². The van der Waals surface area contributed by atoms with Crippen LogP contribution in [0.15, 0.2) is 72.8 Å². The van der Waals surface area contributed by atoms with Crippen molar-refractivity contribution in [3.8, 4) is 0 Å². The summed E-state index contributed by atoms with van der Waals surface area (Å²) in [5, 5.41) is 0.864. The number of benzene rings is 3. The van der Waals surface area contributed by atoms with Crippen molar-refractivity contribution in [1.29, 1.82) is 0 Å². The number of esters is 1. The Kier molecular flexibility index (Phi) is 6.12. The quantitative estimate of drug-likeness (QED) is 0.352. The highest BCUT2D eigenvalue weighted by atomic mass is 35.5. The van der Waals surface area contributed by atoms with Crippen LogP contribution in [0.4, 0.5) is 5.69 Å². The lowest BCUT2D eigenvalue weighted by Crippen LogP contribution is -2.33. The SMILES string of the molecule is CC(=C1C(=O)N(CC(=O)OCc2ccccc2)c2ccccc21)c1ccc(Cl)c(Cl)c1. The lowest BCUT2D eigenvalue weighted by Gasteiger charge is -2.16. The van der Waals surface area contributed by atoms with E-state index in [1.165, 1.54) is 4.90 Å². The molecule has 0 bridgehead atoms. The fourth-order valence-corrected chi connectivity index (χ4v) is 3.88. The van der Waals surface area contributed by atoms with Crippen molar-refractivity contribution in [3.05, 3.63) is 99.5 Å². The smallest absolute Gasteiger partial charge is 0.326 e. The minimum absolute atomic E-state index is 0.161. The van der Waals surface area contributed by atoms with E-state index in [4.69, 9.17) is 27.9 Å². The maximum Gasteiger partial charge on any atom is 0.326 e. The average molecular weight is 452 g/mol. The maximum atomic E-state index is 13.3. The number of allylic oxidation sites excluding steroid dienone is 1. The summed E-state index contributed by atoms with van der Waals surface area (Å²) < 4.78 is 5.38. The molecular weight excluding hydrogens is 433 g/mol. The van der Waals surface area contributed by atoms with E-state index in [1.54, 1.807) is 12.1 Å². The molecule has 1 heterocycles. The zero-order chi connectivity index (χ0) is 22.0. The van der Waals surface area contributed by atoms with E-state index < -0.39 is 5.97 Å². The second-order valence-electron chi connectivity index (χ2n) is 7.18. The zero-order valence-electron chi connectivity index (χ0n) is 16.8. The highest BCUT2D eigenvalue weighted by molar-refractivity contribution is 6.42. The van der Waals surface area contributed by atoms with E-state index >= 15 is 0 Å². The average Bonchev–Trinajstić information content (AvgIpc) is 3.06. The normalized spacial score (nSPS) is 14.4. The van der Waals surface area contributed by atoms with Gasteiger partial charge in [0.05, 0.1) is 21.3 Å². The lowest BCUT2D eigenvalue weighted by molar-refractivity contribution is -0.143. The summed E-state index contributed by atoms with van der Waals surface area (Å²) in [4.78, 5) is 27.3. The number of hydrogen-bond acceptors (Lipinski definition) is 3. The van der Waals surface area contributed by atoms with Crippen LogP contribution in [0.1, 0.15) is 23.6 Å². The van der Waals surface area contributed by atoms with Gasteiger partial charge in [-0.3, -0.25) is 14.5 Å². The number of nitrogens with zero attached hydrogens (tertiary/aromatic N) is 1. The van der Waals surface area contributed by atoms with Crippen molar-refractivity contribution in [3.63, 3.8) is 0 Å². The van der Waals surface area contributed by atoms with Gasteiger partial charge in [0.25, 0.3) is 5.91 Å². The molecule has 1 amide bonds. The first-order chi connectivity index (χ1) is 15.0. The van der Waals surface area contributed by atoms with Crippen LogP contribution < -0.4 is 4.90 Å². The van der Waals surface area contributed by atoms with Crippen molar-refractivity contribution >= 4 is 51.9 Å². The van der Waals surface area contributed by atoms with Gasteiger partial charge >= 0.3 is 5.97 Å². The van der Waals surface area contributed by atoms with Gasteiger partial charge < -0.3 is 4.74 Å². The minimum atomic E-state index is -0.472. The van der Waals surface area contributed by atoms with E-state index in [-0.39, 0.29) is 19.1 Å². The summed E-state index contributed by atoms with van der Waals surface area (Å²) in [6, 6.07) is 22.1. The Bertz CT molecular complexity index is 1190. The second kappa shape index (κ2) is 8.96. The van der Waals surface area contributed by atoms with Gasteiger partial charge in [0.2, 0.25) is 0 Å². The molecule has 31 heavy (non-hydrogen) atoms. The predicted octanol–water partition coefficient (Wildman–Crippen LogP) is 6.01. The van der Waals surface area contributed by atoms with Crippen LogP contribution in [-0.2, 0) is 20.9 Å². The van der Waals surface area contributed by atoms with E-state index in [9.17, 15) is 9.59 Å². The maximum absolute atomic E-state index is 13.3. The summed E-state index contributed by atoms with van der Waals surface area (Å²) in [5.74, 6) is -0.720. The van der Waals surface area contributed by atoms with Gasteiger partial charge in [-0.05, 0) is 41.8 Å². The molecule has 1 aliphatic heterocycles. The topological polar surface area (TPSA) is 46.6 Å². The Labute approximate surface area is 190 Å². The molecular formula is C25H19Cl2NO3. The molecule has 0 radical (unpaired) electrons. The van der Waals surface area contributed by atoms with E-state index in [0.717, 1.165) is 22.3 Å².